The minimum atomic E-state index is -0.418. The van der Waals surface area contributed by atoms with Crippen LogP contribution in [0, 0.1) is 0 Å². The third-order valence-electron chi connectivity index (χ3n) is 3.39. The lowest BCUT2D eigenvalue weighted by Gasteiger charge is -2.21. The summed E-state index contributed by atoms with van der Waals surface area (Å²) in [5.74, 6) is -0.243. The number of hydrogen-bond acceptors (Lipinski definition) is 4. The first-order chi connectivity index (χ1) is 10.7. The number of nitrogens with one attached hydrogen (secondary N) is 1. The normalized spacial score (nSPS) is 11.8. The van der Waals surface area contributed by atoms with E-state index in [1.165, 1.54) is 20.5 Å². The molecule has 6 nitrogen and oxygen atoms in total. The Bertz CT molecular complexity index is 824. The zero-order chi connectivity index (χ0) is 17.2. The molecule has 0 radical (unpaired) electrons. The highest BCUT2D eigenvalue weighted by molar-refractivity contribution is 7.17. The molecule has 0 unspecified atom stereocenters. The van der Waals surface area contributed by atoms with Crippen molar-refractivity contribution in [3.8, 4) is 0 Å². The Morgan fingerprint density at radius 2 is 1.96 bits per heavy atom. The van der Waals surface area contributed by atoms with Crippen LogP contribution in [0.25, 0.3) is 10.2 Å². The first-order valence-corrected chi connectivity index (χ1v) is 8.64. The smallest absolute Gasteiger partial charge is 0.332 e. The van der Waals surface area contributed by atoms with E-state index in [1.54, 1.807) is 11.4 Å². The van der Waals surface area contributed by atoms with Gasteiger partial charge in [0.2, 0.25) is 5.91 Å². The highest BCUT2D eigenvalue weighted by atomic mass is 32.1. The highest BCUT2D eigenvalue weighted by Crippen LogP contribution is 2.15. The lowest BCUT2D eigenvalue weighted by Crippen LogP contribution is -2.46. The number of rotatable bonds is 5. The van der Waals surface area contributed by atoms with Gasteiger partial charge in [-0.25, -0.2) is 4.79 Å². The molecule has 0 aliphatic heterocycles. The molecule has 1 amide bonds. The third-order valence-corrected chi connectivity index (χ3v) is 4.28. The number of unbranched alkanes of at least 4 members (excludes halogenated alkanes) is 1. The molecule has 2 rings (SSSR count). The van der Waals surface area contributed by atoms with Crippen molar-refractivity contribution in [3.05, 3.63) is 32.3 Å². The molecular formula is C16H23N3O3S. The molecule has 0 aromatic carbocycles. The molecule has 0 aliphatic carbocycles. The van der Waals surface area contributed by atoms with E-state index in [9.17, 15) is 14.4 Å². The van der Waals surface area contributed by atoms with Crippen molar-refractivity contribution in [2.45, 2.75) is 59.2 Å². The zero-order valence-corrected chi connectivity index (χ0v) is 14.8. The van der Waals surface area contributed by atoms with E-state index < -0.39 is 5.69 Å². The van der Waals surface area contributed by atoms with E-state index in [2.05, 4.69) is 5.32 Å². The average Bonchev–Trinajstić information content (AvgIpc) is 2.91. The van der Waals surface area contributed by atoms with Crippen molar-refractivity contribution in [1.29, 1.82) is 0 Å². The number of carbonyl (C=O) groups excluding carboxylic acids is 1. The van der Waals surface area contributed by atoms with Crippen LogP contribution < -0.4 is 16.6 Å². The van der Waals surface area contributed by atoms with Gasteiger partial charge in [0.25, 0.3) is 5.56 Å². The number of amides is 1. The Labute approximate surface area is 138 Å². The molecular weight excluding hydrogens is 314 g/mol. The summed E-state index contributed by atoms with van der Waals surface area (Å²) < 4.78 is 3.15. The summed E-state index contributed by atoms with van der Waals surface area (Å²) >= 11 is 1.30. The van der Waals surface area contributed by atoms with Crippen molar-refractivity contribution in [1.82, 2.24) is 14.5 Å². The van der Waals surface area contributed by atoms with Gasteiger partial charge in [0, 0.05) is 12.1 Å². The third kappa shape index (κ3) is 3.90. The van der Waals surface area contributed by atoms with E-state index in [4.69, 9.17) is 0 Å². The summed E-state index contributed by atoms with van der Waals surface area (Å²) in [6.07, 6.45) is 1.64. The van der Waals surface area contributed by atoms with Crippen molar-refractivity contribution >= 4 is 27.5 Å². The summed E-state index contributed by atoms with van der Waals surface area (Å²) in [5, 5.41) is 4.62. The first kappa shape index (κ1) is 17.5. The number of fused-ring (bicyclic) bond motifs is 1. The van der Waals surface area contributed by atoms with Gasteiger partial charge in [-0.15, -0.1) is 11.3 Å². The van der Waals surface area contributed by atoms with Crippen LogP contribution in [-0.2, 0) is 17.9 Å². The molecule has 0 spiro atoms. The number of hydrogen-bond donors (Lipinski definition) is 1. The van der Waals surface area contributed by atoms with Gasteiger partial charge in [0.05, 0.1) is 5.52 Å². The van der Waals surface area contributed by atoms with E-state index in [1.807, 2.05) is 27.7 Å². The summed E-state index contributed by atoms with van der Waals surface area (Å²) in [4.78, 5) is 37.3. The van der Waals surface area contributed by atoms with Gasteiger partial charge >= 0.3 is 5.69 Å². The molecule has 1 N–H and O–H groups in total. The molecule has 0 fully saturated rings. The lowest BCUT2D eigenvalue weighted by molar-refractivity contribution is -0.123. The van der Waals surface area contributed by atoms with Crippen LogP contribution in [0.3, 0.4) is 0 Å². The standard InChI is InChI=1S/C16H23N3O3S/c1-5-6-8-18-14(21)13-11(7-9-23-13)19(15(18)22)10-12(20)17-16(2,3)4/h7,9H,5-6,8,10H2,1-4H3,(H,17,20). The van der Waals surface area contributed by atoms with Gasteiger partial charge in [0.1, 0.15) is 11.2 Å². The molecule has 0 saturated carbocycles. The molecule has 0 aliphatic rings. The molecule has 2 aromatic rings. The topological polar surface area (TPSA) is 73.1 Å². The van der Waals surface area contributed by atoms with Gasteiger partial charge in [-0.1, -0.05) is 13.3 Å². The highest BCUT2D eigenvalue weighted by Gasteiger charge is 2.18. The zero-order valence-electron chi connectivity index (χ0n) is 14.0. The monoisotopic (exact) mass is 337 g/mol. The summed E-state index contributed by atoms with van der Waals surface area (Å²) in [6, 6.07) is 1.72. The Balaban J connectivity index is 2.50. The molecule has 7 heteroatoms. The van der Waals surface area contributed by atoms with Crippen molar-refractivity contribution in [3.63, 3.8) is 0 Å². The predicted octanol–water partition coefficient (Wildman–Crippen LogP) is 1.94. The minimum absolute atomic E-state index is 0.0876. The Morgan fingerprint density at radius 3 is 2.57 bits per heavy atom. The molecule has 0 saturated heterocycles. The van der Waals surface area contributed by atoms with Crippen LogP contribution >= 0.6 is 11.3 Å². The molecule has 2 heterocycles. The van der Waals surface area contributed by atoms with Crippen LogP contribution in [0.1, 0.15) is 40.5 Å². The fourth-order valence-corrected chi connectivity index (χ4v) is 3.24. The second kappa shape index (κ2) is 6.70. The fourth-order valence-electron chi connectivity index (χ4n) is 2.40. The molecule has 2 aromatic heterocycles. The van der Waals surface area contributed by atoms with Crippen LogP contribution in [0.2, 0.25) is 0 Å². The van der Waals surface area contributed by atoms with E-state index in [0.717, 1.165) is 12.8 Å². The number of nitrogens with zero attached hydrogens (tertiary/aromatic N) is 2. The summed E-state index contributed by atoms with van der Waals surface area (Å²) in [7, 11) is 0. The van der Waals surface area contributed by atoms with Gasteiger partial charge < -0.3 is 5.32 Å². The maximum absolute atomic E-state index is 12.7. The quantitative estimate of drug-likeness (QED) is 0.906. The molecule has 23 heavy (non-hydrogen) atoms. The Kier molecular flexibility index (Phi) is 5.09. The Hall–Kier alpha value is -1.89. The minimum Gasteiger partial charge on any atom is -0.350 e. The van der Waals surface area contributed by atoms with E-state index >= 15 is 0 Å². The van der Waals surface area contributed by atoms with Crippen LogP contribution in [-0.4, -0.2) is 20.6 Å². The summed E-state index contributed by atoms with van der Waals surface area (Å²) in [5.41, 5.74) is -0.522. The number of aromatic nitrogens is 2. The van der Waals surface area contributed by atoms with E-state index in [-0.39, 0.29) is 23.6 Å². The average molecular weight is 337 g/mol. The molecule has 126 valence electrons. The summed E-state index contributed by atoms with van der Waals surface area (Å²) in [6.45, 7) is 7.95. The van der Waals surface area contributed by atoms with Crippen molar-refractivity contribution < 1.29 is 4.79 Å². The van der Waals surface area contributed by atoms with Gasteiger partial charge in [-0.2, -0.15) is 0 Å². The maximum atomic E-state index is 12.7. The van der Waals surface area contributed by atoms with Crippen molar-refractivity contribution in [2.75, 3.05) is 0 Å². The van der Waals surface area contributed by atoms with E-state index in [0.29, 0.717) is 16.8 Å². The van der Waals surface area contributed by atoms with Crippen LogP contribution in [0.5, 0.6) is 0 Å². The second-order valence-corrected chi connectivity index (χ2v) is 7.53. The fraction of sp³-hybridized carbons (Fsp3) is 0.562. The largest absolute Gasteiger partial charge is 0.350 e. The molecule has 0 atom stereocenters. The lowest BCUT2D eigenvalue weighted by atomic mass is 10.1. The second-order valence-electron chi connectivity index (χ2n) is 6.61. The SMILES string of the molecule is CCCCn1c(=O)c2sccc2n(CC(=O)NC(C)(C)C)c1=O. The van der Waals surface area contributed by atoms with Gasteiger partial charge in [-0.3, -0.25) is 18.7 Å². The maximum Gasteiger partial charge on any atom is 0.332 e. The number of thiophene rings is 1. The Morgan fingerprint density at radius 1 is 1.26 bits per heavy atom. The molecule has 0 bridgehead atoms. The predicted molar refractivity (Wildman–Crippen MR) is 93.1 cm³/mol. The van der Waals surface area contributed by atoms with Crippen LogP contribution in [0.4, 0.5) is 0 Å². The van der Waals surface area contributed by atoms with Gasteiger partial charge in [-0.05, 0) is 38.6 Å². The number of carbonyl (C=O) groups is 1. The van der Waals surface area contributed by atoms with Crippen LogP contribution in [0.15, 0.2) is 21.0 Å². The van der Waals surface area contributed by atoms with Gasteiger partial charge in [0.15, 0.2) is 0 Å². The first-order valence-electron chi connectivity index (χ1n) is 7.76. The van der Waals surface area contributed by atoms with Crippen molar-refractivity contribution in [2.24, 2.45) is 0 Å².